The molecule has 0 aliphatic carbocycles. The minimum absolute atomic E-state index is 0.000911. The Balaban J connectivity index is 1.83. The van der Waals surface area contributed by atoms with Gasteiger partial charge in [0.2, 0.25) is 11.8 Å². The molecule has 2 amide bonds. The molecular weight excluding hydrogens is 618 g/mol. The van der Waals surface area contributed by atoms with Crippen molar-refractivity contribution in [2.75, 3.05) is 10.8 Å². The molecule has 0 saturated carbocycles. The summed E-state index contributed by atoms with van der Waals surface area (Å²) in [6.07, 6.45) is 0.216. The molecule has 1 atom stereocenters. The standard InChI is InChI=1S/C37H42ClN3O4S/c1-27(2)29-20-22-31(23-21-29)41(46(44,45)32-17-10-7-11-18-32)26-35(42)40(25-30-16-12-13-19-33(30)38)34(36(43)39-37(3,4)5)24-28-14-8-6-9-15-28/h6-23,27,34H,24-26H2,1-5H3,(H,39,43). The number of nitrogens with zero attached hydrogens (tertiary/aromatic N) is 2. The molecule has 4 rings (SSSR count). The van der Waals surface area contributed by atoms with Crippen LogP contribution in [0, 0.1) is 0 Å². The van der Waals surface area contributed by atoms with Crippen LogP contribution in [0.3, 0.4) is 0 Å². The number of nitrogens with one attached hydrogen (secondary N) is 1. The molecule has 0 heterocycles. The van der Waals surface area contributed by atoms with E-state index in [9.17, 15) is 18.0 Å². The number of hydrogen-bond donors (Lipinski definition) is 1. The average molecular weight is 660 g/mol. The zero-order valence-electron chi connectivity index (χ0n) is 27.0. The van der Waals surface area contributed by atoms with Crippen LogP contribution in [0.1, 0.15) is 57.2 Å². The molecule has 0 aliphatic heterocycles. The predicted octanol–water partition coefficient (Wildman–Crippen LogP) is 7.21. The maximum atomic E-state index is 14.6. The number of rotatable bonds is 12. The average Bonchev–Trinajstić information content (AvgIpc) is 3.02. The molecule has 0 saturated heterocycles. The fourth-order valence-corrected chi connectivity index (χ4v) is 6.72. The van der Waals surface area contributed by atoms with E-state index in [0.717, 1.165) is 15.4 Å². The fourth-order valence-electron chi connectivity index (χ4n) is 5.09. The highest BCUT2D eigenvalue weighted by molar-refractivity contribution is 7.92. The molecule has 7 nitrogen and oxygen atoms in total. The van der Waals surface area contributed by atoms with Gasteiger partial charge in [-0.3, -0.25) is 13.9 Å². The normalized spacial score (nSPS) is 12.4. The molecule has 0 spiro atoms. The van der Waals surface area contributed by atoms with Crippen LogP contribution >= 0.6 is 11.6 Å². The highest BCUT2D eigenvalue weighted by Gasteiger charge is 2.35. The zero-order valence-corrected chi connectivity index (χ0v) is 28.6. The van der Waals surface area contributed by atoms with Crippen LogP contribution in [0.25, 0.3) is 0 Å². The van der Waals surface area contributed by atoms with Gasteiger partial charge in [-0.2, -0.15) is 0 Å². The van der Waals surface area contributed by atoms with Gasteiger partial charge in [-0.25, -0.2) is 8.42 Å². The van der Waals surface area contributed by atoms with E-state index >= 15 is 0 Å². The Morgan fingerprint density at radius 1 is 0.804 bits per heavy atom. The van der Waals surface area contributed by atoms with Crippen molar-refractivity contribution in [3.63, 3.8) is 0 Å². The van der Waals surface area contributed by atoms with E-state index < -0.39 is 34.1 Å². The van der Waals surface area contributed by atoms with Crippen LogP contribution in [-0.4, -0.2) is 43.3 Å². The smallest absolute Gasteiger partial charge is 0.264 e. The van der Waals surface area contributed by atoms with Crippen molar-refractivity contribution in [2.24, 2.45) is 0 Å². The van der Waals surface area contributed by atoms with Crippen molar-refractivity contribution in [1.82, 2.24) is 10.2 Å². The lowest BCUT2D eigenvalue weighted by Gasteiger charge is -2.35. The predicted molar refractivity (Wildman–Crippen MR) is 185 cm³/mol. The number of carbonyl (C=O) groups excluding carboxylic acids is 2. The van der Waals surface area contributed by atoms with E-state index in [1.54, 1.807) is 48.5 Å². The van der Waals surface area contributed by atoms with Crippen LogP contribution < -0.4 is 9.62 Å². The number of halogens is 1. The summed E-state index contributed by atoms with van der Waals surface area (Å²) in [6.45, 7) is 9.20. The van der Waals surface area contributed by atoms with Crippen molar-refractivity contribution in [1.29, 1.82) is 0 Å². The highest BCUT2D eigenvalue weighted by Crippen LogP contribution is 2.28. The minimum atomic E-state index is -4.17. The third-order valence-corrected chi connectivity index (χ3v) is 9.68. The van der Waals surface area contributed by atoms with Gasteiger partial charge < -0.3 is 10.2 Å². The Morgan fingerprint density at radius 2 is 1.37 bits per heavy atom. The Morgan fingerprint density at radius 3 is 1.93 bits per heavy atom. The summed E-state index contributed by atoms with van der Waals surface area (Å²) in [5.41, 5.74) is 2.29. The Labute approximate surface area is 278 Å². The molecule has 0 aromatic heterocycles. The number of benzene rings is 4. The summed E-state index contributed by atoms with van der Waals surface area (Å²) in [6, 6.07) is 30.8. The van der Waals surface area contributed by atoms with Crippen molar-refractivity contribution >= 4 is 39.1 Å². The van der Waals surface area contributed by atoms with Gasteiger partial charge in [-0.15, -0.1) is 0 Å². The number of carbonyl (C=O) groups is 2. The maximum Gasteiger partial charge on any atom is 0.264 e. The summed E-state index contributed by atoms with van der Waals surface area (Å²) in [7, 11) is -4.17. The third kappa shape index (κ3) is 8.98. The van der Waals surface area contributed by atoms with Crippen LogP contribution in [-0.2, 0) is 32.6 Å². The molecule has 0 radical (unpaired) electrons. The van der Waals surface area contributed by atoms with E-state index in [-0.39, 0.29) is 29.7 Å². The van der Waals surface area contributed by atoms with Crippen LogP contribution in [0.4, 0.5) is 5.69 Å². The second-order valence-corrected chi connectivity index (χ2v) is 14.9. The molecule has 0 bridgehead atoms. The van der Waals surface area contributed by atoms with Gasteiger partial charge >= 0.3 is 0 Å². The first-order valence-corrected chi connectivity index (χ1v) is 17.1. The van der Waals surface area contributed by atoms with Gasteiger partial charge in [0.05, 0.1) is 10.6 Å². The quantitative estimate of drug-likeness (QED) is 0.174. The van der Waals surface area contributed by atoms with Crippen molar-refractivity contribution in [3.05, 3.63) is 131 Å². The summed E-state index contributed by atoms with van der Waals surface area (Å²) in [5, 5.41) is 3.47. The summed E-state index contributed by atoms with van der Waals surface area (Å²) < 4.78 is 29.4. The number of anilines is 1. The number of hydrogen-bond acceptors (Lipinski definition) is 4. The largest absolute Gasteiger partial charge is 0.350 e. The molecule has 4 aromatic rings. The third-order valence-electron chi connectivity index (χ3n) is 7.53. The molecule has 46 heavy (non-hydrogen) atoms. The molecule has 9 heteroatoms. The molecule has 1 N–H and O–H groups in total. The molecule has 1 unspecified atom stereocenters. The van der Waals surface area contributed by atoms with Gasteiger partial charge in [-0.1, -0.05) is 104 Å². The number of sulfonamides is 1. The number of amides is 2. The van der Waals surface area contributed by atoms with Gasteiger partial charge in [0.15, 0.2) is 0 Å². The summed E-state index contributed by atoms with van der Waals surface area (Å²) >= 11 is 6.57. The van der Waals surface area contributed by atoms with E-state index in [0.29, 0.717) is 16.3 Å². The van der Waals surface area contributed by atoms with Crippen molar-refractivity contribution in [3.8, 4) is 0 Å². The van der Waals surface area contributed by atoms with Crippen LogP contribution in [0.15, 0.2) is 114 Å². The second kappa shape index (κ2) is 15.0. The van der Waals surface area contributed by atoms with Gasteiger partial charge in [0.25, 0.3) is 10.0 Å². The van der Waals surface area contributed by atoms with E-state index in [4.69, 9.17) is 11.6 Å². The van der Waals surface area contributed by atoms with Crippen molar-refractivity contribution in [2.45, 2.75) is 70.0 Å². The van der Waals surface area contributed by atoms with Crippen LogP contribution in [0.2, 0.25) is 5.02 Å². The Bertz CT molecular complexity index is 1720. The van der Waals surface area contributed by atoms with Gasteiger partial charge in [-0.05, 0) is 73.7 Å². The van der Waals surface area contributed by atoms with Crippen molar-refractivity contribution < 1.29 is 18.0 Å². The summed E-state index contributed by atoms with van der Waals surface area (Å²) in [5.74, 6) is -0.658. The molecule has 242 valence electrons. The van der Waals surface area contributed by atoms with Gasteiger partial charge in [0.1, 0.15) is 12.6 Å². The first-order chi connectivity index (χ1) is 21.8. The molecule has 0 aliphatic rings. The topological polar surface area (TPSA) is 86.8 Å². The minimum Gasteiger partial charge on any atom is -0.350 e. The lowest BCUT2D eigenvalue weighted by Crippen LogP contribution is -2.56. The molecule has 0 fully saturated rings. The van der Waals surface area contributed by atoms with Crippen LogP contribution in [0.5, 0.6) is 0 Å². The SMILES string of the molecule is CC(C)c1ccc(N(CC(=O)N(Cc2ccccc2Cl)C(Cc2ccccc2)C(=O)NC(C)(C)C)S(=O)(=O)c2ccccc2)cc1. The first kappa shape index (κ1) is 34.7. The first-order valence-electron chi connectivity index (χ1n) is 15.3. The Hall–Kier alpha value is -4.14. The zero-order chi connectivity index (χ0) is 33.5. The molecule has 4 aromatic carbocycles. The summed E-state index contributed by atoms with van der Waals surface area (Å²) in [4.78, 5) is 30.1. The lowest BCUT2D eigenvalue weighted by atomic mass is 10.0. The lowest BCUT2D eigenvalue weighted by molar-refractivity contribution is -0.140. The van der Waals surface area contributed by atoms with E-state index in [2.05, 4.69) is 19.2 Å². The second-order valence-electron chi connectivity index (χ2n) is 12.6. The fraction of sp³-hybridized carbons (Fsp3) is 0.297. The van der Waals surface area contributed by atoms with E-state index in [1.807, 2.05) is 69.3 Å². The molecular formula is C37H42ClN3O4S. The Kier molecular flexibility index (Phi) is 11.3. The van der Waals surface area contributed by atoms with E-state index in [1.165, 1.54) is 17.0 Å². The monoisotopic (exact) mass is 659 g/mol. The highest BCUT2D eigenvalue weighted by atomic mass is 35.5. The van der Waals surface area contributed by atoms with Gasteiger partial charge in [0, 0.05) is 23.5 Å². The maximum absolute atomic E-state index is 14.6.